The lowest BCUT2D eigenvalue weighted by Crippen LogP contribution is -2.34. The summed E-state index contributed by atoms with van der Waals surface area (Å²) in [6, 6.07) is 12.5. The van der Waals surface area contributed by atoms with Gasteiger partial charge >= 0.3 is 12.0 Å². The standard InChI is InChI=1S/C22H25ClN2O4/c1-3-14(2)15-4-6-17(7-5-15)20(26)13-29-21(27)12-19(25-22(24)28)16-8-10-18(23)11-9-16/h4-11,14,19H,3,12-13H2,1-2H3,(H3,24,25,28)/t14-,19-/m0/s1. The highest BCUT2D eigenvalue weighted by atomic mass is 35.5. The summed E-state index contributed by atoms with van der Waals surface area (Å²) in [4.78, 5) is 35.7. The predicted molar refractivity (Wildman–Crippen MR) is 112 cm³/mol. The predicted octanol–water partition coefficient (Wildman–Crippen LogP) is 4.38. The van der Waals surface area contributed by atoms with Crippen LogP contribution in [0.2, 0.25) is 5.02 Å². The minimum Gasteiger partial charge on any atom is -0.457 e. The third-order valence-corrected chi connectivity index (χ3v) is 4.99. The average molecular weight is 417 g/mol. The van der Waals surface area contributed by atoms with Gasteiger partial charge in [-0.15, -0.1) is 0 Å². The molecule has 2 aromatic carbocycles. The molecule has 29 heavy (non-hydrogen) atoms. The van der Waals surface area contributed by atoms with Crippen molar-refractivity contribution in [3.05, 3.63) is 70.2 Å². The largest absolute Gasteiger partial charge is 0.457 e. The minimum atomic E-state index is -0.768. The SMILES string of the molecule is CC[C@H](C)c1ccc(C(=O)COC(=O)C[C@H](NC(N)=O)c2ccc(Cl)cc2)cc1. The molecule has 0 radical (unpaired) electrons. The lowest BCUT2D eigenvalue weighted by molar-refractivity contribution is -0.143. The second kappa shape index (κ2) is 10.6. The van der Waals surface area contributed by atoms with Crippen LogP contribution < -0.4 is 11.1 Å². The molecule has 0 saturated carbocycles. The van der Waals surface area contributed by atoms with E-state index in [-0.39, 0.29) is 18.8 Å². The number of benzene rings is 2. The molecule has 2 rings (SSSR count). The number of nitrogens with one attached hydrogen (secondary N) is 1. The molecule has 0 bridgehead atoms. The molecule has 0 fully saturated rings. The summed E-state index contributed by atoms with van der Waals surface area (Å²) in [5.41, 5.74) is 7.48. The van der Waals surface area contributed by atoms with Crippen molar-refractivity contribution in [1.29, 1.82) is 0 Å². The maximum Gasteiger partial charge on any atom is 0.312 e. The number of carbonyl (C=O) groups excluding carboxylic acids is 3. The maximum atomic E-state index is 12.3. The van der Waals surface area contributed by atoms with E-state index in [0.717, 1.165) is 12.0 Å². The van der Waals surface area contributed by atoms with Gasteiger partial charge in [0.2, 0.25) is 0 Å². The van der Waals surface area contributed by atoms with Gasteiger partial charge in [0.15, 0.2) is 12.4 Å². The second-order valence-electron chi connectivity index (χ2n) is 6.83. The number of carbonyl (C=O) groups is 3. The third-order valence-electron chi connectivity index (χ3n) is 4.74. The molecule has 2 atom stereocenters. The van der Waals surface area contributed by atoms with E-state index >= 15 is 0 Å². The number of hydrogen-bond donors (Lipinski definition) is 2. The summed E-state index contributed by atoms with van der Waals surface area (Å²) in [5.74, 6) is -0.497. The fraction of sp³-hybridized carbons (Fsp3) is 0.318. The first-order valence-electron chi connectivity index (χ1n) is 9.40. The number of esters is 1. The molecule has 0 heterocycles. The maximum absolute atomic E-state index is 12.3. The number of urea groups is 1. The summed E-state index contributed by atoms with van der Waals surface area (Å²) < 4.78 is 5.11. The smallest absolute Gasteiger partial charge is 0.312 e. The first-order valence-corrected chi connectivity index (χ1v) is 9.78. The molecule has 0 aliphatic rings. The number of amides is 2. The zero-order valence-electron chi connectivity index (χ0n) is 16.5. The van der Waals surface area contributed by atoms with Crippen LogP contribution in [-0.4, -0.2) is 24.4 Å². The molecule has 0 aliphatic heterocycles. The van der Waals surface area contributed by atoms with Crippen molar-refractivity contribution in [2.45, 2.75) is 38.6 Å². The summed E-state index contributed by atoms with van der Waals surface area (Å²) in [5, 5.41) is 3.03. The van der Waals surface area contributed by atoms with E-state index in [4.69, 9.17) is 22.1 Å². The highest BCUT2D eigenvalue weighted by Gasteiger charge is 2.19. The molecular weight excluding hydrogens is 392 g/mol. The lowest BCUT2D eigenvalue weighted by Gasteiger charge is -2.17. The molecule has 2 amide bonds. The quantitative estimate of drug-likeness (QED) is 0.468. The van der Waals surface area contributed by atoms with Gasteiger partial charge in [-0.3, -0.25) is 9.59 Å². The van der Waals surface area contributed by atoms with Crippen molar-refractivity contribution in [1.82, 2.24) is 5.32 Å². The van der Waals surface area contributed by atoms with E-state index in [1.165, 1.54) is 0 Å². The van der Waals surface area contributed by atoms with Crippen LogP contribution >= 0.6 is 11.6 Å². The van der Waals surface area contributed by atoms with Crippen molar-refractivity contribution in [2.75, 3.05) is 6.61 Å². The zero-order valence-corrected chi connectivity index (χ0v) is 17.2. The number of primary amides is 1. The van der Waals surface area contributed by atoms with Crippen molar-refractivity contribution < 1.29 is 19.1 Å². The number of halogens is 1. The van der Waals surface area contributed by atoms with Crippen molar-refractivity contribution in [2.24, 2.45) is 5.73 Å². The van der Waals surface area contributed by atoms with Crippen LogP contribution in [0.1, 0.15) is 60.1 Å². The van der Waals surface area contributed by atoms with E-state index in [0.29, 0.717) is 22.1 Å². The third kappa shape index (κ3) is 6.91. The number of ether oxygens (including phenoxy) is 1. The number of ketones is 1. The number of Topliss-reactive ketones (excluding diaryl/α,β-unsaturated/α-hetero) is 1. The Morgan fingerprint density at radius 2 is 1.62 bits per heavy atom. The second-order valence-corrected chi connectivity index (χ2v) is 7.27. The molecular formula is C22H25ClN2O4. The van der Waals surface area contributed by atoms with Gasteiger partial charge in [-0.25, -0.2) is 4.79 Å². The Hall–Kier alpha value is -2.86. The Bertz CT molecular complexity index is 850. The van der Waals surface area contributed by atoms with Crippen molar-refractivity contribution in [3.8, 4) is 0 Å². The highest BCUT2D eigenvalue weighted by molar-refractivity contribution is 6.30. The zero-order chi connectivity index (χ0) is 21.4. The van der Waals surface area contributed by atoms with Crippen LogP contribution in [0.15, 0.2) is 48.5 Å². The monoisotopic (exact) mass is 416 g/mol. The minimum absolute atomic E-state index is 0.162. The van der Waals surface area contributed by atoms with Crippen molar-refractivity contribution in [3.63, 3.8) is 0 Å². The summed E-state index contributed by atoms with van der Waals surface area (Å²) in [6.45, 7) is 3.86. The van der Waals surface area contributed by atoms with Gasteiger partial charge in [-0.1, -0.05) is 61.8 Å². The average Bonchev–Trinajstić information content (AvgIpc) is 2.71. The fourth-order valence-corrected chi connectivity index (χ4v) is 2.93. The Morgan fingerprint density at radius 1 is 1.03 bits per heavy atom. The van der Waals surface area contributed by atoms with Gasteiger partial charge in [-0.2, -0.15) is 0 Å². The molecule has 0 saturated heterocycles. The van der Waals surface area contributed by atoms with E-state index < -0.39 is 18.0 Å². The molecule has 0 aromatic heterocycles. The normalized spacial score (nSPS) is 12.7. The van der Waals surface area contributed by atoms with Gasteiger partial charge in [0.05, 0.1) is 12.5 Å². The molecule has 7 heteroatoms. The van der Waals surface area contributed by atoms with Crippen molar-refractivity contribution >= 4 is 29.4 Å². The van der Waals surface area contributed by atoms with Crippen LogP contribution in [0.5, 0.6) is 0 Å². The molecule has 6 nitrogen and oxygen atoms in total. The van der Waals surface area contributed by atoms with Crippen LogP contribution in [0, 0.1) is 0 Å². The topological polar surface area (TPSA) is 98.5 Å². The van der Waals surface area contributed by atoms with E-state index in [9.17, 15) is 14.4 Å². The fourth-order valence-electron chi connectivity index (χ4n) is 2.81. The Labute approximate surface area is 175 Å². The summed E-state index contributed by atoms with van der Waals surface area (Å²) in [6.07, 6.45) is 0.851. The summed E-state index contributed by atoms with van der Waals surface area (Å²) in [7, 11) is 0. The first-order chi connectivity index (χ1) is 13.8. The van der Waals surface area contributed by atoms with E-state index in [2.05, 4.69) is 19.2 Å². The molecule has 3 N–H and O–H groups in total. The van der Waals surface area contributed by atoms with Gasteiger partial charge < -0.3 is 15.8 Å². The Kier molecular flexibility index (Phi) is 8.21. The number of rotatable bonds is 9. The molecule has 0 aliphatic carbocycles. The van der Waals surface area contributed by atoms with Crippen LogP contribution in [0.3, 0.4) is 0 Å². The number of nitrogens with two attached hydrogens (primary N) is 1. The van der Waals surface area contributed by atoms with E-state index in [1.54, 1.807) is 36.4 Å². The van der Waals surface area contributed by atoms with Gasteiger partial charge in [0.25, 0.3) is 0 Å². The molecule has 2 aromatic rings. The van der Waals surface area contributed by atoms with Gasteiger partial charge in [0, 0.05) is 10.6 Å². The molecule has 154 valence electrons. The van der Waals surface area contributed by atoms with E-state index in [1.807, 2.05) is 12.1 Å². The molecule has 0 unspecified atom stereocenters. The Morgan fingerprint density at radius 3 is 2.17 bits per heavy atom. The van der Waals surface area contributed by atoms with Gasteiger partial charge in [0.1, 0.15) is 0 Å². The molecule has 0 spiro atoms. The first kappa shape index (κ1) is 22.4. The van der Waals surface area contributed by atoms with Crippen LogP contribution in [-0.2, 0) is 9.53 Å². The van der Waals surface area contributed by atoms with Gasteiger partial charge in [-0.05, 0) is 35.6 Å². The number of hydrogen-bond acceptors (Lipinski definition) is 4. The van der Waals surface area contributed by atoms with Crippen LogP contribution in [0.25, 0.3) is 0 Å². The Balaban J connectivity index is 1.94. The summed E-state index contributed by atoms with van der Waals surface area (Å²) >= 11 is 5.86. The lowest BCUT2D eigenvalue weighted by atomic mass is 9.97. The van der Waals surface area contributed by atoms with Crippen LogP contribution in [0.4, 0.5) is 4.79 Å². The highest BCUT2D eigenvalue weighted by Crippen LogP contribution is 2.21.